The zero-order valence-corrected chi connectivity index (χ0v) is 11.1. The second-order valence-corrected chi connectivity index (χ2v) is 5.46. The average molecular weight is 250 g/mol. The number of carboxylic acid groups (broad SMARTS) is 1. The van der Waals surface area contributed by atoms with E-state index in [0.29, 0.717) is 6.54 Å². The first kappa shape index (κ1) is 14.2. The Labute approximate surface area is 106 Å². The summed E-state index contributed by atoms with van der Waals surface area (Å²) in [6.45, 7) is 6.72. The molecule has 0 saturated heterocycles. The molecule has 1 N–H and O–H groups in total. The maximum Gasteiger partial charge on any atom is 0.337 e. The van der Waals surface area contributed by atoms with Gasteiger partial charge in [0.1, 0.15) is 5.69 Å². The van der Waals surface area contributed by atoms with Crippen LogP contribution < -0.4 is 0 Å². The molecule has 98 valence electrons. The smallest absolute Gasteiger partial charge is 0.337 e. The van der Waals surface area contributed by atoms with E-state index >= 15 is 0 Å². The van der Waals surface area contributed by atoms with Crippen LogP contribution >= 0.6 is 0 Å². The molecule has 0 unspecified atom stereocenters. The molecule has 1 rings (SSSR count). The van der Waals surface area contributed by atoms with Crippen LogP contribution in [0.15, 0.2) is 18.3 Å². The van der Waals surface area contributed by atoms with Crippen LogP contribution in [0.1, 0.15) is 41.6 Å². The van der Waals surface area contributed by atoms with Gasteiger partial charge >= 0.3 is 5.97 Å². The van der Waals surface area contributed by atoms with Gasteiger partial charge in [-0.25, -0.2) is 4.79 Å². The summed E-state index contributed by atoms with van der Waals surface area (Å²) in [5.74, 6) is -1.26. The SMILES string of the molecule is CN(CC(C)(C)C)C(=O)c1ccc(C(=O)O)cn1. The predicted molar refractivity (Wildman–Crippen MR) is 67.6 cm³/mol. The lowest BCUT2D eigenvalue weighted by molar-refractivity contribution is 0.0692. The Bertz CT molecular complexity index is 446. The Kier molecular flexibility index (Phi) is 4.06. The molecule has 0 atom stereocenters. The van der Waals surface area contributed by atoms with E-state index in [1.165, 1.54) is 18.3 Å². The van der Waals surface area contributed by atoms with Crippen LogP contribution in [-0.4, -0.2) is 40.5 Å². The molecule has 0 fully saturated rings. The topological polar surface area (TPSA) is 70.5 Å². The maximum atomic E-state index is 12.0. The second-order valence-electron chi connectivity index (χ2n) is 5.46. The van der Waals surface area contributed by atoms with Crippen molar-refractivity contribution in [3.05, 3.63) is 29.6 Å². The van der Waals surface area contributed by atoms with Crippen molar-refractivity contribution >= 4 is 11.9 Å². The Balaban J connectivity index is 2.81. The van der Waals surface area contributed by atoms with Crippen LogP contribution in [0.5, 0.6) is 0 Å². The molecule has 0 bridgehead atoms. The van der Waals surface area contributed by atoms with Crippen LogP contribution in [0.4, 0.5) is 0 Å². The molecule has 0 saturated carbocycles. The van der Waals surface area contributed by atoms with E-state index in [-0.39, 0.29) is 22.6 Å². The quantitative estimate of drug-likeness (QED) is 0.889. The molecule has 1 amide bonds. The van der Waals surface area contributed by atoms with Crippen molar-refractivity contribution in [2.24, 2.45) is 5.41 Å². The molecular weight excluding hydrogens is 232 g/mol. The fourth-order valence-electron chi connectivity index (χ4n) is 1.63. The van der Waals surface area contributed by atoms with E-state index in [4.69, 9.17) is 5.11 Å². The van der Waals surface area contributed by atoms with Gasteiger partial charge in [-0.15, -0.1) is 0 Å². The summed E-state index contributed by atoms with van der Waals surface area (Å²) in [4.78, 5) is 28.2. The number of carbonyl (C=O) groups is 2. The van der Waals surface area contributed by atoms with Crippen LogP contribution in [0, 0.1) is 5.41 Å². The van der Waals surface area contributed by atoms with Gasteiger partial charge < -0.3 is 10.0 Å². The van der Waals surface area contributed by atoms with Gasteiger partial charge in [0.05, 0.1) is 5.56 Å². The van der Waals surface area contributed by atoms with E-state index in [0.717, 1.165) is 0 Å². The zero-order chi connectivity index (χ0) is 13.9. The van der Waals surface area contributed by atoms with Gasteiger partial charge in [0.15, 0.2) is 0 Å². The van der Waals surface area contributed by atoms with Gasteiger partial charge in [0.25, 0.3) is 5.91 Å². The van der Waals surface area contributed by atoms with Gasteiger partial charge in [-0.1, -0.05) is 20.8 Å². The number of pyridine rings is 1. The van der Waals surface area contributed by atoms with Gasteiger partial charge in [-0.3, -0.25) is 9.78 Å². The third kappa shape index (κ3) is 3.84. The number of nitrogens with zero attached hydrogens (tertiary/aromatic N) is 2. The first-order valence-electron chi connectivity index (χ1n) is 5.65. The largest absolute Gasteiger partial charge is 0.478 e. The highest BCUT2D eigenvalue weighted by Gasteiger charge is 2.19. The Morgan fingerprint density at radius 2 is 1.94 bits per heavy atom. The molecular formula is C13H18N2O3. The second kappa shape index (κ2) is 5.16. The molecule has 0 aliphatic rings. The van der Waals surface area contributed by atoms with E-state index in [1.54, 1.807) is 11.9 Å². The molecule has 18 heavy (non-hydrogen) atoms. The number of carbonyl (C=O) groups excluding carboxylic acids is 1. The van der Waals surface area contributed by atoms with Crippen LogP contribution in [-0.2, 0) is 0 Å². The summed E-state index contributed by atoms with van der Waals surface area (Å²) in [5, 5.41) is 8.74. The highest BCUT2D eigenvalue weighted by atomic mass is 16.4. The van der Waals surface area contributed by atoms with Crippen molar-refractivity contribution in [1.29, 1.82) is 0 Å². The lowest BCUT2D eigenvalue weighted by atomic mass is 9.96. The normalized spacial score (nSPS) is 11.1. The number of rotatable bonds is 3. The average Bonchev–Trinajstić information content (AvgIpc) is 2.26. The van der Waals surface area contributed by atoms with Crippen molar-refractivity contribution in [2.75, 3.05) is 13.6 Å². The minimum Gasteiger partial charge on any atom is -0.478 e. The molecule has 1 aromatic rings. The Hall–Kier alpha value is -1.91. The number of hydrogen-bond donors (Lipinski definition) is 1. The minimum absolute atomic E-state index is 0.00537. The number of aromatic nitrogens is 1. The summed E-state index contributed by atoms with van der Waals surface area (Å²) in [7, 11) is 1.71. The van der Waals surface area contributed by atoms with Crippen molar-refractivity contribution < 1.29 is 14.7 Å². The third-order valence-corrected chi connectivity index (χ3v) is 2.29. The molecule has 1 heterocycles. The van der Waals surface area contributed by atoms with Crippen molar-refractivity contribution in [2.45, 2.75) is 20.8 Å². The molecule has 5 heteroatoms. The van der Waals surface area contributed by atoms with E-state index in [1.807, 2.05) is 20.8 Å². The molecule has 0 spiro atoms. The molecule has 0 aromatic carbocycles. The summed E-state index contributed by atoms with van der Waals surface area (Å²) in [6.07, 6.45) is 1.19. The van der Waals surface area contributed by atoms with Crippen LogP contribution in [0.2, 0.25) is 0 Å². The van der Waals surface area contributed by atoms with Crippen LogP contribution in [0.3, 0.4) is 0 Å². The molecule has 0 aliphatic carbocycles. The summed E-state index contributed by atoms with van der Waals surface area (Å²) < 4.78 is 0. The highest BCUT2D eigenvalue weighted by Crippen LogP contribution is 2.15. The monoisotopic (exact) mass is 250 g/mol. The zero-order valence-electron chi connectivity index (χ0n) is 11.1. The van der Waals surface area contributed by atoms with Gasteiger partial charge in [0.2, 0.25) is 0 Å². The van der Waals surface area contributed by atoms with E-state index in [9.17, 15) is 9.59 Å². The highest BCUT2D eigenvalue weighted by molar-refractivity contribution is 5.93. The van der Waals surface area contributed by atoms with Crippen molar-refractivity contribution in [3.8, 4) is 0 Å². The lowest BCUT2D eigenvalue weighted by Gasteiger charge is -2.26. The minimum atomic E-state index is -1.05. The Morgan fingerprint density at radius 3 is 2.33 bits per heavy atom. The Morgan fingerprint density at radius 1 is 1.33 bits per heavy atom. The van der Waals surface area contributed by atoms with Crippen LogP contribution in [0.25, 0.3) is 0 Å². The maximum absolute atomic E-state index is 12.0. The number of aromatic carboxylic acids is 1. The number of hydrogen-bond acceptors (Lipinski definition) is 3. The van der Waals surface area contributed by atoms with E-state index < -0.39 is 5.97 Å². The van der Waals surface area contributed by atoms with E-state index in [2.05, 4.69) is 4.98 Å². The molecule has 1 aromatic heterocycles. The first-order chi connectivity index (χ1) is 8.20. The summed E-state index contributed by atoms with van der Waals surface area (Å²) in [6, 6.07) is 2.82. The molecule has 0 radical (unpaired) electrons. The van der Waals surface area contributed by atoms with Crippen molar-refractivity contribution in [3.63, 3.8) is 0 Å². The number of amides is 1. The standard InChI is InChI=1S/C13H18N2O3/c1-13(2,3)8-15(4)11(16)10-6-5-9(7-14-10)12(17)18/h5-7H,8H2,1-4H3,(H,17,18). The summed E-state index contributed by atoms with van der Waals surface area (Å²) in [5.41, 5.74) is 0.336. The van der Waals surface area contributed by atoms with Gasteiger partial charge in [0, 0.05) is 19.8 Å². The number of carboxylic acids is 1. The van der Waals surface area contributed by atoms with Gasteiger partial charge in [-0.05, 0) is 17.5 Å². The van der Waals surface area contributed by atoms with Gasteiger partial charge in [-0.2, -0.15) is 0 Å². The fraction of sp³-hybridized carbons (Fsp3) is 0.462. The first-order valence-corrected chi connectivity index (χ1v) is 5.65. The van der Waals surface area contributed by atoms with Crippen molar-refractivity contribution in [1.82, 2.24) is 9.88 Å². The lowest BCUT2D eigenvalue weighted by Crippen LogP contribution is -2.34. The summed E-state index contributed by atoms with van der Waals surface area (Å²) >= 11 is 0. The fourth-order valence-corrected chi connectivity index (χ4v) is 1.63. The molecule has 5 nitrogen and oxygen atoms in total. The predicted octanol–water partition coefficient (Wildman–Crippen LogP) is 1.90. The molecule has 0 aliphatic heterocycles. The third-order valence-electron chi connectivity index (χ3n) is 2.29.